The third-order valence-electron chi connectivity index (χ3n) is 4.79. The third-order valence-corrected chi connectivity index (χ3v) is 4.79. The number of hydrogen-bond donors (Lipinski definition) is 0. The molecule has 126 valence electrons. The van der Waals surface area contributed by atoms with Crippen LogP contribution in [0.4, 0.5) is 11.4 Å². The zero-order valence-corrected chi connectivity index (χ0v) is 13.6. The molecule has 0 bridgehead atoms. The molecule has 4 rings (SSSR count). The Kier molecular flexibility index (Phi) is 3.57. The summed E-state index contributed by atoms with van der Waals surface area (Å²) >= 11 is 0. The smallest absolute Gasteiger partial charge is 0.265 e. The molecule has 0 saturated heterocycles. The zero-order chi connectivity index (χ0) is 17.6. The first-order chi connectivity index (χ1) is 12.1. The Morgan fingerprint density at radius 2 is 2.04 bits per heavy atom. The van der Waals surface area contributed by atoms with Crippen molar-refractivity contribution < 1.29 is 19.1 Å². The van der Waals surface area contributed by atoms with Gasteiger partial charge in [-0.1, -0.05) is 5.92 Å². The number of ketones is 1. The van der Waals surface area contributed by atoms with Crippen molar-refractivity contribution in [3.05, 3.63) is 29.3 Å². The number of hydrogen-bond acceptors (Lipinski definition) is 4. The van der Waals surface area contributed by atoms with Gasteiger partial charge < -0.3 is 9.64 Å². The first kappa shape index (κ1) is 15.5. The maximum Gasteiger partial charge on any atom is 0.265 e. The van der Waals surface area contributed by atoms with Gasteiger partial charge in [0.25, 0.3) is 11.8 Å². The highest BCUT2D eigenvalue weighted by atomic mass is 16.5. The van der Waals surface area contributed by atoms with Crippen LogP contribution < -0.4 is 14.5 Å². The molecule has 0 radical (unpaired) electrons. The van der Waals surface area contributed by atoms with Crippen molar-refractivity contribution in [2.75, 3.05) is 29.5 Å². The van der Waals surface area contributed by atoms with E-state index < -0.39 is 0 Å². The second kappa shape index (κ2) is 5.78. The number of carbonyl (C=O) groups excluding carboxylic acids is 3. The topological polar surface area (TPSA) is 66.9 Å². The number of terminal acetylenes is 1. The largest absolute Gasteiger partial charge is 0.482 e. The number of carbonyl (C=O) groups is 3. The highest BCUT2D eigenvalue weighted by molar-refractivity contribution is 6.11. The van der Waals surface area contributed by atoms with Gasteiger partial charge in [-0.25, -0.2) is 0 Å². The van der Waals surface area contributed by atoms with Crippen LogP contribution in [0.2, 0.25) is 0 Å². The first-order valence-corrected chi connectivity index (χ1v) is 8.13. The predicted octanol–water partition coefficient (Wildman–Crippen LogP) is 1.44. The second-order valence-electron chi connectivity index (χ2n) is 6.31. The lowest BCUT2D eigenvalue weighted by Gasteiger charge is -2.29. The van der Waals surface area contributed by atoms with Crippen LogP contribution in [0.25, 0.3) is 0 Å². The fourth-order valence-electron chi connectivity index (χ4n) is 3.54. The molecule has 0 saturated carbocycles. The fourth-order valence-corrected chi connectivity index (χ4v) is 3.54. The molecule has 3 aliphatic rings. The van der Waals surface area contributed by atoms with E-state index in [0.717, 1.165) is 11.1 Å². The number of ether oxygens (including phenoxy) is 1. The minimum Gasteiger partial charge on any atom is -0.482 e. The van der Waals surface area contributed by atoms with E-state index in [2.05, 4.69) is 5.92 Å². The Bertz CT molecular complexity index is 878. The molecule has 0 spiro atoms. The Hall–Kier alpha value is -3.07. The first-order valence-electron chi connectivity index (χ1n) is 8.13. The van der Waals surface area contributed by atoms with Crippen molar-refractivity contribution in [1.29, 1.82) is 0 Å². The van der Waals surface area contributed by atoms with E-state index in [1.54, 1.807) is 23.1 Å². The molecule has 6 nitrogen and oxygen atoms in total. The molecule has 0 unspecified atom stereocenters. The van der Waals surface area contributed by atoms with Crippen LogP contribution >= 0.6 is 0 Å². The van der Waals surface area contributed by atoms with Gasteiger partial charge in [0.05, 0.1) is 12.2 Å². The lowest BCUT2D eigenvalue weighted by atomic mass is 9.93. The maximum atomic E-state index is 12.7. The van der Waals surface area contributed by atoms with Crippen LogP contribution in [0, 0.1) is 12.3 Å². The van der Waals surface area contributed by atoms with Gasteiger partial charge in [-0.05, 0) is 30.2 Å². The lowest BCUT2D eigenvalue weighted by Crippen LogP contribution is -2.39. The highest BCUT2D eigenvalue weighted by Gasteiger charge is 2.35. The summed E-state index contributed by atoms with van der Waals surface area (Å²) < 4.78 is 5.45. The summed E-state index contributed by atoms with van der Waals surface area (Å²) in [6, 6.07) is 5.29. The van der Waals surface area contributed by atoms with Crippen LogP contribution in [0.15, 0.2) is 29.3 Å². The van der Waals surface area contributed by atoms with Crippen LogP contribution in [-0.4, -0.2) is 37.3 Å². The van der Waals surface area contributed by atoms with Gasteiger partial charge in [-0.2, -0.15) is 0 Å². The molecule has 1 aromatic carbocycles. The second-order valence-corrected chi connectivity index (χ2v) is 6.31. The molecule has 6 heteroatoms. The molecule has 0 N–H and O–H groups in total. The van der Waals surface area contributed by atoms with E-state index in [1.165, 1.54) is 4.90 Å². The lowest BCUT2D eigenvalue weighted by molar-refractivity contribution is -0.121. The zero-order valence-electron chi connectivity index (χ0n) is 13.6. The standard InChI is InChI=1S/C19H16N2O4/c1-2-7-20-16-9-13(3-6-17(16)25-11-18(20)23)21-10-12-8-14(22)4-5-15(12)19(21)24/h1,3,6,9H,4-5,7-8,10-11H2. The number of fused-ring (bicyclic) bond motifs is 1. The molecule has 2 heterocycles. The number of Topliss-reactive ketones (excluding diaryl/α,β-unsaturated/α-hetero) is 1. The number of benzene rings is 1. The number of rotatable bonds is 2. The van der Waals surface area contributed by atoms with Gasteiger partial charge in [-0.15, -0.1) is 6.42 Å². The maximum absolute atomic E-state index is 12.7. The number of amides is 2. The summed E-state index contributed by atoms with van der Waals surface area (Å²) in [5.41, 5.74) is 2.91. The summed E-state index contributed by atoms with van der Waals surface area (Å²) in [6.45, 7) is 0.521. The minimum atomic E-state index is -0.210. The molecule has 25 heavy (non-hydrogen) atoms. The number of anilines is 2. The normalized spacial score (nSPS) is 19.6. The summed E-state index contributed by atoms with van der Waals surface area (Å²) in [4.78, 5) is 39.6. The van der Waals surface area contributed by atoms with E-state index in [1.807, 2.05) is 0 Å². The Balaban J connectivity index is 1.67. The third kappa shape index (κ3) is 2.49. The monoisotopic (exact) mass is 336 g/mol. The van der Waals surface area contributed by atoms with Gasteiger partial charge in [0.15, 0.2) is 6.61 Å². The van der Waals surface area contributed by atoms with E-state index in [-0.39, 0.29) is 30.7 Å². The van der Waals surface area contributed by atoms with Crippen molar-refractivity contribution in [3.63, 3.8) is 0 Å². The van der Waals surface area contributed by atoms with Crippen LogP contribution in [-0.2, 0) is 14.4 Å². The van der Waals surface area contributed by atoms with Crippen molar-refractivity contribution >= 4 is 29.0 Å². The fraction of sp³-hybridized carbons (Fsp3) is 0.316. The van der Waals surface area contributed by atoms with E-state index in [0.29, 0.717) is 42.9 Å². The van der Waals surface area contributed by atoms with Crippen molar-refractivity contribution in [2.45, 2.75) is 19.3 Å². The van der Waals surface area contributed by atoms with Gasteiger partial charge in [-0.3, -0.25) is 19.3 Å². The summed E-state index contributed by atoms with van der Waals surface area (Å²) in [5, 5.41) is 0. The molecular weight excluding hydrogens is 320 g/mol. The predicted molar refractivity (Wildman–Crippen MR) is 91.4 cm³/mol. The molecule has 1 aliphatic carbocycles. The molecule has 1 aromatic rings. The van der Waals surface area contributed by atoms with Crippen LogP contribution in [0.5, 0.6) is 5.75 Å². The van der Waals surface area contributed by atoms with Crippen LogP contribution in [0.3, 0.4) is 0 Å². The van der Waals surface area contributed by atoms with Crippen molar-refractivity contribution in [1.82, 2.24) is 0 Å². The molecule has 2 amide bonds. The Morgan fingerprint density at radius 3 is 2.84 bits per heavy atom. The van der Waals surface area contributed by atoms with E-state index >= 15 is 0 Å². The quantitative estimate of drug-likeness (QED) is 0.767. The highest BCUT2D eigenvalue weighted by Crippen LogP contribution is 2.39. The van der Waals surface area contributed by atoms with Crippen molar-refractivity contribution in [3.8, 4) is 18.1 Å². The van der Waals surface area contributed by atoms with Gasteiger partial charge >= 0.3 is 0 Å². The molecule has 2 aliphatic heterocycles. The Labute approximate surface area is 145 Å². The van der Waals surface area contributed by atoms with E-state index in [9.17, 15) is 14.4 Å². The van der Waals surface area contributed by atoms with Crippen molar-refractivity contribution in [2.24, 2.45) is 0 Å². The Morgan fingerprint density at radius 1 is 1.20 bits per heavy atom. The summed E-state index contributed by atoms with van der Waals surface area (Å²) in [6.07, 6.45) is 6.66. The van der Waals surface area contributed by atoms with Gasteiger partial charge in [0.2, 0.25) is 0 Å². The number of nitrogens with zero attached hydrogens (tertiary/aromatic N) is 2. The molecule has 0 atom stereocenters. The SMILES string of the molecule is C#CCN1C(=O)COc2ccc(N3CC4=C(CCC(=O)C4)C3=O)cc21. The molecule has 0 aromatic heterocycles. The minimum absolute atomic E-state index is 0.0470. The van der Waals surface area contributed by atoms with Gasteiger partial charge in [0.1, 0.15) is 11.5 Å². The average molecular weight is 336 g/mol. The molecule has 0 fully saturated rings. The van der Waals surface area contributed by atoms with E-state index in [4.69, 9.17) is 11.2 Å². The average Bonchev–Trinajstić information content (AvgIpc) is 2.93. The molecular formula is C19H16N2O4. The van der Waals surface area contributed by atoms with Gasteiger partial charge in [0, 0.05) is 30.6 Å². The summed E-state index contributed by atoms with van der Waals surface area (Å²) in [5.74, 6) is 2.95. The van der Waals surface area contributed by atoms with Crippen LogP contribution in [0.1, 0.15) is 19.3 Å². The summed E-state index contributed by atoms with van der Waals surface area (Å²) in [7, 11) is 0.